The van der Waals surface area contributed by atoms with Gasteiger partial charge in [0.05, 0.1) is 12.6 Å². The monoisotopic (exact) mass is 175 g/mol. The van der Waals surface area contributed by atoms with Crippen molar-refractivity contribution >= 4 is 5.91 Å². The van der Waals surface area contributed by atoms with Crippen LogP contribution < -0.4 is 11.3 Å². The van der Waals surface area contributed by atoms with Gasteiger partial charge in [-0.2, -0.15) is 0 Å². The number of amides is 1. The zero-order valence-corrected chi connectivity index (χ0v) is 7.58. The molecule has 0 aromatic carbocycles. The third-order valence-electron chi connectivity index (χ3n) is 1.82. The molecular weight excluding hydrogens is 158 g/mol. The van der Waals surface area contributed by atoms with E-state index in [1.165, 1.54) is 0 Å². The molecule has 4 N–H and O–H groups in total. The zero-order valence-electron chi connectivity index (χ0n) is 7.58. The Morgan fingerprint density at radius 2 is 2.33 bits per heavy atom. The number of hydrogen-bond donors (Lipinski definition) is 3. The van der Waals surface area contributed by atoms with Crippen molar-refractivity contribution in [3.05, 3.63) is 0 Å². The Morgan fingerprint density at radius 1 is 1.75 bits per heavy atom. The first-order valence-electron chi connectivity index (χ1n) is 3.98. The number of aliphatic hydroxyl groups excluding tert-OH is 1. The molecule has 5 nitrogen and oxygen atoms in total. The van der Waals surface area contributed by atoms with Crippen LogP contribution in [0.15, 0.2) is 0 Å². The third-order valence-corrected chi connectivity index (χ3v) is 1.82. The second-order valence-corrected chi connectivity index (χ2v) is 2.64. The fourth-order valence-electron chi connectivity index (χ4n) is 1.11. The summed E-state index contributed by atoms with van der Waals surface area (Å²) in [7, 11) is 1.78. The summed E-state index contributed by atoms with van der Waals surface area (Å²) >= 11 is 0. The summed E-state index contributed by atoms with van der Waals surface area (Å²) in [5, 5.41) is 8.63. The summed E-state index contributed by atoms with van der Waals surface area (Å²) in [6, 6.07) is -0.248. The summed E-state index contributed by atoms with van der Waals surface area (Å²) in [6.07, 6.45) is 0.680. The van der Waals surface area contributed by atoms with Crippen molar-refractivity contribution in [2.24, 2.45) is 5.84 Å². The molecule has 5 heteroatoms. The van der Waals surface area contributed by atoms with Crippen LogP contribution in [0.25, 0.3) is 0 Å². The molecule has 0 aliphatic heterocycles. The number of aliphatic hydroxyl groups is 1. The molecule has 0 radical (unpaired) electrons. The van der Waals surface area contributed by atoms with Crippen LogP contribution in [0.2, 0.25) is 0 Å². The average Bonchev–Trinajstić information content (AvgIpc) is 2.06. The van der Waals surface area contributed by atoms with Crippen molar-refractivity contribution < 1.29 is 9.90 Å². The highest BCUT2D eigenvalue weighted by molar-refractivity contribution is 5.80. The fraction of sp³-hybridized carbons (Fsp3) is 0.857. The Balaban J connectivity index is 4.03. The molecule has 1 atom stereocenters. The number of likely N-dealkylation sites (N-methyl/N-ethyl adjacent to an activating group) is 1. The van der Waals surface area contributed by atoms with E-state index >= 15 is 0 Å². The summed E-state index contributed by atoms with van der Waals surface area (Å²) in [6.45, 7) is 2.42. The van der Waals surface area contributed by atoms with E-state index in [1.54, 1.807) is 11.9 Å². The molecule has 0 aromatic heterocycles. The number of hydrogen-bond acceptors (Lipinski definition) is 4. The van der Waals surface area contributed by atoms with Crippen LogP contribution in [0.5, 0.6) is 0 Å². The van der Waals surface area contributed by atoms with E-state index in [4.69, 9.17) is 10.9 Å². The molecule has 0 saturated heterocycles. The average molecular weight is 175 g/mol. The molecule has 0 rings (SSSR count). The van der Waals surface area contributed by atoms with E-state index in [0.29, 0.717) is 13.0 Å². The van der Waals surface area contributed by atoms with E-state index in [1.807, 2.05) is 6.92 Å². The Labute approximate surface area is 72.5 Å². The van der Waals surface area contributed by atoms with Crippen LogP contribution >= 0.6 is 0 Å². The highest BCUT2D eigenvalue weighted by Gasteiger charge is 2.19. The minimum absolute atomic E-state index is 0.0465. The normalized spacial score (nSPS) is 13.1. The van der Waals surface area contributed by atoms with Gasteiger partial charge in [0.2, 0.25) is 0 Å². The standard InChI is InChI=1S/C7H17N3O2/c1-3-6(7(12)9-8)10(2)4-5-11/h6,11H,3-5,8H2,1-2H3,(H,9,12). The zero-order chi connectivity index (χ0) is 9.56. The van der Waals surface area contributed by atoms with E-state index in [0.717, 1.165) is 0 Å². The number of nitrogens with zero attached hydrogens (tertiary/aromatic N) is 1. The lowest BCUT2D eigenvalue weighted by Crippen LogP contribution is -2.48. The van der Waals surface area contributed by atoms with E-state index < -0.39 is 0 Å². The van der Waals surface area contributed by atoms with Gasteiger partial charge in [-0.3, -0.25) is 15.1 Å². The predicted molar refractivity (Wildman–Crippen MR) is 46.1 cm³/mol. The maximum absolute atomic E-state index is 11.1. The van der Waals surface area contributed by atoms with Crippen LogP contribution in [0.1, 0.15) is 13.3 Å². The lowest BCUT2D eigenvalue weighted by Gasteiger charge is -2.24. The summed E-state index contributed by atoms with van der Waals surface area (Å²) in [4.78, 5) is 12.9. The van der Waals surface area contributed by atoms with Crippen molar-refractivity contribution in [1.82, 2.24) is 10.3 Å². The Bertz CT molecular complexity index is 141. The highest BCUT2D eigenvalue weighted by atomic mass is 16.3. The van der Waals surface area contributed by atoms with Gasteiger partial charge >= 0.3 is 0 Å². The molecule has 0 aromatic rings. The van der Waals surface area contributed by atoms with Crippen molar-refractivity contribution in [3.63, 3.8) is 0 Å². The summed E-state index contributed by atoms with van der Waals surface area (Å²) in [5.41, 5.74) is 2.09. The molecule has 72 valence electrons. The molecule has 0 saturated carbocycles. The van der Waals surface area contributed by atoms with Gasteiger partial charge in [-0.05, 0) is 13.5 Å². The van der Waals surface area contributed by atoms with Gasteiger partial charge in [0, 0.05) is 6.54 Å². The number of nitrogens with one attached hydrogen (secondary N) is 1. The molecule has 0 aliphatic carbocycles. The Morgan fingerprint density at radius 3 is 2.67 bits per heavy atom. The topological polar surface area (TPSA) is 78.6 Å². The van der Waals surface area contributed by atoms with Crippen molar-refractivity contribution in [2.45, 2.75) is 19.4 Å². The second kappa shape index (κ2) is 5.93. The van der Waals surface area contributed by atoms with Crippen LogP contribution in [0.4, 0.5) is 0 Å². The third kappa shape index (κ3) is 3.17. The van der Waals surface area contributed by atoms with Crippen LogP contribution in [-0.4, -0.2) is 42.2 Å². The van der Waals surface area contributed by atoms with Crippen LogP contribution in [0, 0.1) is 0 Å². The number of hydrazine groups is 1. The quantitative estimate of drug-likeness (QED) is 0.275. The van der Waals surface area contributed by atoms with Crippen LogP contribution in [0.3, 0.4) is 0 Å². The van der Waals surface area contributed by atoms with Crippen molar-refractivity contribution in [3.8, 4) is 0 Å². The van der Waals surface area contributed by atoms with Gasteiger partial charge in [0.1, 0.15) is 0 Å². The van der Waals surface area contributed by atoms with Gasteiger partial charge in [-0.25, -0.2) is 5.84 Å². The number of rotatable bonds is 5. The molecule has 1 amide bonds. The first-order chi connectivity index (χ1) is 5.67. The first-order valence-corrected chi connectivity index (χ1v) is 3.98. The lowest BCUT2D eigenvalue weighted by atomic mass is 10.2. The van der Waals surface area contributed by atoms with Gasteiger partial charge in [-0.1, -0.05) is 6.92 Å². The highest BCUT2D eigenvalue weighted by Crippen LogP contribution is 2.00. The SMILES string of the molecule is CCC(C(=O)NN)N(C)CCO. The van der Waals surface area contributed by atoms with Gasteiger partial charge < -0.3 is 5.11 Å². The minimum atomic E-state index is -0.248. The second-order valence-electron chi connectivity index (χ2n) is 2.64. The maximum Gasteiger partial charge on any atom is 0.251 e. The molecule has 1 unspecified atom stereocenters. The maximum atomic E-state index is 11.1. The Kier molecular flexibility index (Phi) is 5.61. The van der Waals surface area contributed by atoms with E-state index in [-0.39, 0.29) is 18.6 Å². The van der Waals surface area contributed by atoms with Crippen molar-refractivity contribution in [1.29, 1.82) is 0 Å². The van der Waals surface area contributed by atoms with Gasteiger partial charge in [-0.15, -0.1) is 0 Å². The van der Waals surface area contributed by atoms with Gasteiger partial charge in [0.25, 0.3) is 5.91 Å². The number of carbonyl (C=O) groups excluding carboxylic acids is 1. The predicted octanol–water partition coefficient (Wildman–Crippen LogP) is -1.32. The molecule has 0 bridgehead atoms. The molecule has 0 heterocycles. The minimum Gasteiger partial charge on any atom is -0.395 e. The van der Waals surface area contributed by atoms with E-state index in [2.05, 4.69) is 5.43 Å². The first kappa shape index (κ1) is 11.4. The molecule has 0 aliphatic rings. The molecule has 12 heavy (non-hydrogen) atoms. The van der Waals surface area contributed by atoms with Crippen molar-refractivity contribution in [2.75, 3.05) is 20.2 Å². The summed E-state index contributed by atoms with van der Waals surface area (Å²) < 4.78 is 0. The van der Waals surface area contributed by atoms with Gasteiger partial charge in [0.15, 0.2) is 0 Å². The Hall–Kier alpha value is -0.650. The summed E-state index contributed by atoms with van der Waals surface area (Å²) in [5.74, 6) is 4.78. The molecule has 0 spiro atoms. The number of nitrogens with two attached hydrogens (primary N) is 1. The largest absolute Gasteiger partial charge is 0.395 e. The smallest absolute Gasteiger partial charge is 0.251 e. The fourth-order valence-corrected chi connectivity index (χ4v) is 1.11. The molecule has 0 fully saturated rings. The lowest BCUT2D eigenvalue weighted by molar-refractivity contribution is -0.126. The van der Waals surface area contributed by atoms with Crippen LogP contribution in [-0.2, 0) is 4.79 Å². The van der Waals surface area contributed by atoms with E-state index in [9.17, 15) is 4.79 Å². The molecular formula is C7H17N3O2. The number of carbonyl (C=O) groups is 1.